The predicted octanol–water partition coefficient (Wildman–Crippen LogP) is 2.34. The Labute approximate surface area is 337 Å². The molecule has 0 radical (unpaired) electrons. The van der Waals surface area contributed by atoms with E-state index in [9.17, 15) is 19.5 Å². The average Bonchev–Trinajstić information content (AvgIpc) is 3.97. The van der Waals surface area contributed by atoms with Crippen LogP contribution in [0.15, 0.2) is 54.8 Å². The normalized spacial score (nSPS) is 29.9. The van der Waals surface area contributed by atoms with Gasteiger partial charge < -0.3 is 44.1 Å². The minimum Gasteiger partial charge on any atom is -0.499 e. The van der Waals surface area contributed by atoms with Crippen LogP contribution < -0.4 is 5.32 Å². The number of amides is 2. The Morgan fingerprint density at radius 1 is 1.05 bits per heavy atom. The number of nitrogens with zero attached hydrogens (tertiary/aromatic N) is 2. The van der Waals surface area contributed by atoms with Gasteiger partial charge >= 0.3 is 11.9 Å². The number of carbonyl (C=O) groups excluding carboxylic acids is 4. The maximum atomic E-state index is 15.4. The highest BCUT2D eigenvalue weighted by Crippen LogP contribution is 2.59. The molecule has 4 aliphatic heterocycles. The Morgan fingerprint density at radius 2 is 1.81 bits per heavy atom. The Morgan fingerprint density at radius 3 is 2.53 bits per heavy atom. The van der Waals surface area contributed by atoms with E-state index in [1.165, 1.54) is 11.3 Å². The summed E-state index contributed by atoms with van der Waals surface area (Å²) < 4.78 is 30.6. The summed E-state index contributed by atoms with van der Waals surface area (Å²) >= 11 is 0. The van der Waals surface area contributed by atoms with E-state index < -0.39 is 89.7 Å². The second kappa shape index (κ2) is 16.0. The second-order valence-corrected chi connectivity index (χ2v) is 17.2. The molecule has 4 heterocycles. The van der Waals surface area contributed by atoms with Crippen LogP contribution in [0.5, 0.6) is 0 Å². The topological polar surface area (TPSA) is 183 Å². The maximum absolute atomic E-state index is 15.4. The van der Waals surface area contributed by atoms with Gasteiger partial charge in [0.2, 0.25) is 11.8 Å². The maximum Gasteiger partial charge on any atom is 0.327 e. The molecule has 4 saturated heterocycles. The highest BCUT2D eigenvalue weighted by molar-refractivity contribution is 5.96. The highest BCUT2D eigenvalue weighted by atomic mass is 16.8. The molecule has 8 atom stereocenters. The lowest BCUT2D eigenvalue weighted by Crippen LogP contribution is -2.70. The lowest BCUT2D eigenvalue weighted by molar-refractivity contribution is -0.218. The number of hydrogen-bond acceptors (Lipinski definition) is 13. The van der Waals surface area contributed by atoms with Crippen molar-refractivity contribution < 1.29 is 57.9 Å². The summed E-state index contributed by atoms with van der Waals surface area (Å²) in [6.45, 7) is 5.36. The number of aliphatic hydroxyl groups is 2. The SMILES string of the molecule is CC(C)(C)OC(=O)CCC(CO)NC(=O)C1CCCN1C(=O)C12CC3OC(=O)C1N(Cc1cccc(C=COCCO)c1)OC2C1OC2(Cc4ccccc4C2)OC31. The fourth-order valence-corrected chi connectivity index (χ4v) is 9.70. The largest absolute Gasteiger partial charge is 0.499 e. The summed E-state index contributed by atoms with van der Waals surface area (Å²) in [5.41, 5.74) is 1.67. The van der Waals surface area contributed by atoms with E-state index in [2.05, 4.69) is 5.32 Å². The number of aliphatic hydroxyl groups excluding tert-OH is 2. The van der Waals surface area contributed by atoms with Gasteiger partial charge in [-0.2, -0.15) is 5.06 Å². The standard InChI is InChI=1S/C43H53N3O12/c1-41(2,3)55-33(49)14-13-30(25-48)44-38(50)31-12-7-16-45(31)40(52)43-23-32-34-35(57-42(56-34)21-28-10-4-5-11-29(28)22-42)37(43)58-46(36(43)39(51)54-32)24-27-9-6-8-26(20-27)15-18-53-19-17-47/h4-6,8-11,15,18,20,30-32,34-37,47-48H,7,12-14,16-17,19,21-25H2,1-3H3,(H,44,50). The molecule has 2 aromatic carbocycles. The van der Waals surface area contributed by atoms with Crippen LogP contribution in [0.2, 0.25) is 0 Å². The second-order valence-electron chi connectivity index (χ2n) is 17.2. The molecule has 2 amide bonds. The first-order valence-electron chi connectivity index (χ1n) is 20.3. The molecule has 3 N–H and O–H groups in total. The summed E-state index contributed by atoms with van der Waals surface area (Å²) in [6, 6.07) is 12.8. The first-order valence-corrected chi connectivity index (χ1v) is 20.3. The monoisotopic (exact) mass is 803 g/mol. The molecule has 1 saturated carbocycles. The van der Waals surface area contributed by atoms with Crippen LogP contribution in [0.3, 0.4) is 0 Å². The lowest BCUT2D eigenvalue weighted by Gasteiger charge is -2.50. The molecule has 58 heavy (non-hydrogen) atoms. The van der Waals surface area contributed by atoms with Gasteiger partial charge in [-0.1, -0.05) is 48.5 Å². The first-order chi connectivity index (χ1) is 27.8. The number of fused-ring (bicyclic) bond motifs is 5. The van der Waals surface area contributed by atoms with Gasteiger partial charge in [-0.05, 0) is 68.4 Å². The fraction of sp³-hybridized carbons (Fsp3) is 0.581. The zero-order valence-electron chi connectivity index (χ0n) is 33.2. The zero-order valence-corrected chi connectivity index (χ0v) is 33.2. The first kappa shape index (κ1) is 40.4. The minimum absolute atomic E-state index is 0.00683. The van der Waals surface area contributed by atoms with Crippen LogP contribution in [0.25, 0.3) is 6.08 Å². The number of hydroxylamine groups is 2. The lowest BCUT2D eigenvalue weighted by atomic mass is 9.62. The van der Waals surface area contributed by atoms with Gasteiger partial charge in [-0.25, -0.2) is 0 Å². The van der Waals surface area contributed by atoms with E-state index in [0.717, 1.165) is 22.3 Å². The van der Waals surface area contributed by atoms with Gasteiger partial charge in [0.1, 0.15) is 48.1 Å². The van der Waals surface area contributed by atoms with Crippen molar-refractivity contribution in [2.45, 2.75) is 126 Å². The van der Waals surface area contributed by atoms with Gasteiger partial charge in [0.15, 0.2) is 11.8 Å². The van der Waals surface area contributed by atoms with Gasteiger partial charge in [-0.3, -0.25) is 24.0 Å². The Balaban J connectivity index is 1.08. The number of hydrogen-bond donors (Lipinski definition) is 3. The molecule has 2 aliphatic carbocycles. The van der Waals surface area contributed by atoms with Crippen LogP contribution >= 0.6 is 0 Å². The molecule has 5 fully saturated rings. The van der Waals surface area contributed by atoms with E-state index in [-0.39, 0.29) is 45.6 Å². The predicted molar refractivity (Wildman–Crippen MR) is 205 cm³/mol. The van der Waals surface area contributed by atoms with Gasteiger partial charge in [0.05, 0.1) is 32.1 Å². The number of carbonyl (C=O) groups is 4. The summed E-state index contributed by atoms with van der Waals surface area (Å²) in [5.74, 6) is -2.92. The Kier molecular flexibility index (Phi) is 11.1. The van der Waals surface area contributed by atoms with E-state index >= 15 is 4.79 Å². The van der Waals surface area contributed by atoms with E-state index in [4.69, 9.17) is 33.6 Å². The highest BCUT2D eigenvalue weighted by Gasteiger charge is 2.77. The van der Waals surface area contributed by atoms with Crippen molar-refractivity contribution in [3.05, 3.63) is 77.0 Å². The van der Waals surface area contributed by atoms with Crippen molar-refractivity contribution in [3.8, 4) is 0 Å². The van der Waals surface area contributed by atoms with Crippen molar-refractivity contribution in [3.63, 3.8) is 0 Å². The minimum atomic E-state index is -1.48. The van der Waals surface area contributed by atoms with Crippen LogP contribution in [0.1, 0.15) is 75.1 Å². The van der Waals surface area contributed by atoms with Crippen molar-refractivity contribution >= 4 is 29.8 Å². The Bertz CT molecular complexity index is 1910. The molecule has 1 spiro atoms. The number of rotatable bonds is 13. The van der Waals surface area contributed by atoms with Crippen LogP contribution in [-0.2, 0) is 67.1 Å². The number of esters is 2. The number of nitrogens with one attached hydrogen (secondary N) is 1. The summed E-state index contributed by atoms with van der Waals surface area (Å²) in [7, 11) is 0. The molecule has 312 valence electrons. The molecule has 2 bridgehead atoms. The zero-order chi connectivity index (χ0) is 40.8. The molecule has 15 heteroatoms. The third-order valence-corrected chi connectivity index (χ3v) is 12.0. The number of ether oxygens (including phenoxy) is 5. The van der Waals surface area contributed by atoms with Gasteiger partial charge in [0.25, 0.3) is 0 Å². The molecule has 2 aromatic rings. The van der Waals surface area contributed by atoms with Gasteiger partial charge in [-0.15, -0.1) is 0 Å². The van der Waals surface area contributed by atoms with Crippen molar-refractivity contribution in [1.29, 1.82) is 0 Å². The average molecular weight is 804 g/mol. The molecule has 0 aromatic heterocycles. The van der Waals surface area contributed by atoms with Crippen LogP contribution in [-0.4, -0.2) is 124 Å². The molecule has 8 unspecified atom stereocenters. The van der Waals surface area contributed by atoms with E-state index in [1.54, 1.807) is 31.7 Å². The summed E-state index contributed by atoms with van der Waals surface area (Å²) in [5, 5.41) is 23.6. The molecular formula is C43H53N3O12. The molecule has 6 aliphatic rings. The number of likely N-dealkylation sites (tertiary alicyclic amines) is 1. The summed E-state index contributed by atoms with van der Waals surface area (Å²) in [6.07, 6.45) is 2.24. The smallest absolute Gasteiger partial charge is 0.327 e. The van der Waals surface area contributed by atoms with Crippen molar-refractivity contribution in [2.24, 2.45) is 5.41 Å². The summed E-state index contributed by atoms with van der Waals surface area (Å²) in [4.78, 5) is 64.5. The third-order valence-electron chi connectivity index (χ3n) is 12.0. The quantitative estimate of drug-likeness (QED) is 0.153. The van der Waals surface area contributed by atoms with E-state index in [1.807, 2.05) is 48.5 Å². The fourth-order valence-electron chi connectivity index (χ4n) is 9.70. The molecular weight excluding hydrogens is 750 g/mol. The number of benzene rings is 2. The van der Waals surface area contributed by atoms with E-state index in [0.29, 0.717) is 25.7 Å². The van der Waals surface area contributed by atoms with Crippen molar-refractivity contribution in [1.82, 2.24) is 15.3 Å². The molecule has 15 nitrogen and oxygen atoms in total. The molecule has 8 rings (SSSR count). The van der Waals surface area contributed by atoms with Crippen LogP contribution in [0, 0.1) is 5.41 Å². The van der Waals surface area contributed by atoms with Crippen molar-refractivity contribution in [2.75, 3.05) is 26.4 Å². The van der Waals surface area contributed by atoms with Gasteiger partial charge in [0, 0.05) is 32.2 Å². The third kappa shape index (κ3) is 7.64. The Hall–Kier alpha value is -4.38. The van der Waals surface area contributed by atoms with Crippen LogP contribution in [0.4, 0.5) is 0 Å².